The molecule has 2 bridgehead atoms. The molecule has 2 atom stereocenters. The van der Waals surface area contributed by atoms with E-state index < -0.39 is 5.60 Å². The lowest BCUT2D eigenvalue weighted by molar-refractivity contribution is -0.136. The summed E-state index contributed by atoms with van der Waals surface area (Å²) >= 11 is 0. The molecule has 2 aliphatic heterocycles. The summed E-state index contributed by atoms with van der Waals surface area (Å²) in [4.78, 5) is 15.3. The molecule has 0 aromatic heterocycles. The van der Waals surface area contributed by atoms with E-state index in [0.29, 0.717) is 38.6 Å². The molecular formula is C31H33NO4. The third kappa shape index (κ3) is 3.82. The van der Waals surface area contributed by atoms with Gasteiger partial charge in [0.25, 0.3) is 0 Å². The Morgan fingerprint density at radius 3 is 2.11 bits per heavy atom. The number of piperidine rings is 1. The monoisotopic (exact) mass is 483 g/mol. The van der Waals surface area contributed by atoms with Crippen LogP contribution >= 0.6 is 0 Å². The van der Waals surface area contributed by atoms with Crippen molar-refractivity contribution < 1.29 is 19.4 Å². The van der Waals surface area contributed by atoms with Crippen molar-refractivity contribution in [3.8, 4) is 11.1 Å². The Morgan fingerprint density at radius 1 is 0.944 bits per heavy atom. The Labute approximate surface area is 212 Å². The number of ether oxygens (including phenoxy) is 2. The summed E-state index contributed by atoms with van der Waals surface area (Å²) in [7, 11) is 0. The molecule has 3 aliphatic rings. The Kier molecular flexibility index (Phi) is 5.85. The molecule has 0 spiro atoms. The van der Waals surface area contributed by atoms with E-state index in [2.05, 4.69) is 56.3 Å². The average molecular weight is 484 g/mol. The van der Waals surface area contributed by atoms with Gasteiger partial charge in [-0.3, -0.25) is 4.90 Å². The Balaban J connectivity index is 1.22. The Hall–Kier alpha value is -3.15. The topological polar surface area (TPSA) is 59.0 Å². The number of morpholine rings is 1. The summed E-state index contributed by atoms with van der Waals surface area (Å²) in [5.74, 6) is 0.332. The van der Waals surface area contributed by atoms with Crippen LogP contribution in [0.2, 0.25) is 0 Å². The van der Waals surface area contributed by atoms with Gasteiger partial charge < -0.3 is 14.6 Å². The summed E-state index contributed by atoms with van der Waals surface area (Å²) in [6.07, 6.45) is 0.573. The maximum atomic E-state index is 13.5. The van der Waals surface area contributed by atoms with Crippen molar-refractivity contribution in [3.05, 3.63) is 95.1 Å². The summed E-state index contributed by atoms with van der Waals surface area (Å²) in [6, 6.07) is 24.4. The highest BCUT2D eigenvalue weighted by Crippen LogP contribution is 2.46. The predicted octanol–water partition coefficient (Wildman–Crippen LogP) is 5.81. The molecule has 1 aliphatic carbocycles. The van der Waals surface area contributed by atoms with Crippen LogP contribution in [0.15, 0.2) is 72.8 Å². The van der Waals surface area contributed by atoms with Gasteiger partial charge in [0.15, 0.2) is 0 Å². The van der Waals surface area contributed by atoms with Gasteiger partial charge in [0.2, 0.25) is 0 Å². The first-order valence-electron chi connectivity index (χ1n) is 13.0. The first kappa shape index (κ1) is 23.3. The van der Waals surface area contributed by atoms with Gasteiger partial charge in [0, 0.05) is 18.8 Å². The molecule has 0 saturated carbocycles. The second-order valence-corrected chi connectivity index (χ2v) is 10.7. The molecule has 6 rings (SSSR count). The number of hydrogen-bond donors (Lipinski definition) is 1. The third-order valence-electron chi connectivity index (χ3n) is 8.18. The molecule has 3 aromatic rings. The van der Waals surface area contributed by atoms with Crippen LogP contribution in [0.5, 0.6) is 0 Å². The zero-order valence-corrected chi connectivity index (χ0v) is 20.9. The second kappa shape index (κ2) is 9.06. The highest BCUT2D eigenvalue weighted by molar-refractivity contribution is 5.79. The van der Waals surface area contributed by atoms with E-state index in [1.807, 2.05) is 35.2 Å². The molecule has 2 saturated heterocycles. The summed E-state index contributed by atoms with van der Waals surface area (Å²) in [5, 5.41) is 11.9. The number of nitrogens with zero attached hydrogens (tertiary/aromatic N) is 1. The summed E-state index contributed by atoms with van der Waals surface area (Å²) < 4.78 is 11.8. The van der Waals surface area contributed by atoms with E-state index >= 15 is 0 Å². The minimum atomic E-state index is -0.986. The Bertz CT molecular complexity index is 1230. The number of rotatable bonds is 4. The quantitative estimate of drug-likeness (QED) is 0.509. The number of hydrogen-bond acceptors (Lipinski definition) is 4. The first-order valence-corrected chi connectivity index (χ1v) is 13.0. The number of amides is 1. The average Bonchev–Trinajstić information content (AvgIpc) is 3.20. The fraction of sp³-hybridized carbons (Fsp3) is 0.387. The fourth-order valence-electron chi connectivity index (χ4n) is 6.59. The van der Waals surface area contributed by atoms with E-state index in [1.54, 1.807) is 0 Å². The molecule has 36 heavy (non-hydrogen) atoms. The molecule has 2 fully saturated rings. The molecule has 5 nitrogen and oxygen atoms in total. The zero-order valence-electron chi connectivity index (χ0n) is 20.9. The predicted molar refractivity (Wildman–Crippen MR) is 139 cm³/mol. The van der Waals surface area contributed by atoms with Gasteiger partial charge in [-0.1, -0.05) is 86.6 Å². The molecule has 2 unspecified atom stereocenters. The molecular weight excluding hydrogens is 450 g/mol. The van der Waals surface area contributed by atoms with Gasteiger partial charge in [-0.15, -0.1) is 0 Å². The maximum absolute atomic E-state index is 13.5. The number of carbonyl (C=O) groups excluding carboxylic acids is 1. The van der Waals surface area contributed by atoms with Crippen LogP contribution in [-0.4, -0.2) is 48.0 Å². The fourth-order valence-corrected chi connectivity index (χ4v) is 6.59. The normalized spacial score (nSPS) is 24.9. The molecule has 0 radical (unpaired) electrons. The number of aliphatic hydroxyl groups is 1. The van der Waals surface area contributed by atoms with E-state index in [-0.39, 0.29) is 24.1 Å². The number of benzene rings is 3. The molecule has 1 N–H and O–H groups in total. The lowest BCUT2D eigenvalue weighted by atomic mass is 9.74. The second-order valence-electron chi connectivity index (χ2n) is 10.7. The van der Waals surface area contributed by atoms with Gasteiger partial charge in [0.1, 0.15) is 6.61 Å². The van der Waals surface area contributed by atoms with Crippen LogP contribution < -0.4 is 0 Å². The third-order valence-corrected chi connectivity index (χ3v) is 8.18. The highest BCUT2D eigenvalue weighted by Gasteiger charge is 2.50. The van der Waals surface area contributed by atoms with Crippen LogP contribution in [0, 0.1) is 0 Å². The molecule has 2 heterocycles. The lowest BCUT2D eigenvalue weighted by Crippen LogP contribution is -2.62. The maximum Gasteiger partial charge on any atom is 0.410 e. The SMILES string of the molecule is CC(C)c1ccccc1C1(O)CC2COCC(C1)N2C(=O)OCC1c2ccccc2-c2ccccc21. The van der Waals surface area contributed by atoms with Crippen molar-refractivity contribution in [3.63, 3.8) is 0 Å². The van der Waals surface area contributed by atoms with Gasteiger partial charge in [-0.2, -0.15) is 0 Å². The molecule has 3 aromatic carbocycles. The van der Waals surface area contributed by atoms with Crippen molar-refractivity contribution >= 4 is 6.09 Å². The van der Waals surface area contributed by atoms with Crippen molar-refractivity contribution in [1.82, 2.24) is 4.90 Å². The van der Waals surface area contributed by atoms with Crippen molar-refractivity contribution in [1.29, 1.82) is 0 Å². The highest BCUT2D eigenvalue weighted by atomic mass is 16.6. The molecule has 186 valence electrons. The van der Waals surface area contributed by atoms with E-state index in [9.17, 15) is 9.90 Å². The lowest BCUT2D eigenvalue weighted by Gasteiger charge is -2.51. The number of carbonyl (C=O) groups is 1. The smallest absolute Gasteiger partial charge is 0.410 e. The van der Waals surface area contributed by atoms with Gasteiger partial charge >= 0.3 is 6.09 Å². The van der Waals surface area contributed by atoms with E-state index in [1.165, 1.54) is 22.3 Å². The zero-order chi connectivity index (χ0) is 24.9. The number of fused-ring (bicyclic) bond motifs is 5. The van der Waals surface area contributed by atoms with Crippen LogP contribution in [0.4, 0.5) is 4.79 Å². The molecule has 5 heteroatoms. The van der Waals surface area contributed by atoms with E-state index in [0.717, 1.165) is 11.1 Å². The van der Waals surface area contributed by atoms with Crippen LogP contribution in [-0.2, 0) is 15.1 Å². The molecule has 1 amide bonds. The standard InChI is InChI=1S/C31H33NO4/c1-20(2)23-9-7-8-14-29(23)31(34)15-21-17-35-18-22(16-31)32(21)30(33)36-19-28-26-12-5-3-10-24(26)25-11-4-6-13-27(25)28/h3-14,20-22,28,34H,15-19H2,1-2H3. The van der Waals surface area contributed by atoms with Gasteiger partial charge in [0.05, 0.1) is 30.9 Å². The van der Waals surface area contributed by atoms with Crippen LogP contribution in [0.1, 0.15) is 60.8 Å². The Morgan fingerprint density at radius 2 is 1.50 bits per heavy atom. The van der Waals surface area contributed by atoms with Crippen molar-refractivity contribution in [2.45, 2.75) is 56.2 Å². The van der Waals surface area contributed by atoms with E-state index in [4.69, 9.17) is 9.47 Å². The van der Waals surface area contributed by atoms with Crippen molar-refractivity contribution in [2.24, 2.45) is 0 Å². The minimum Gasteiger partial charge on any atom is -0.448 e. The van der Waals surface area contributed by atoms with Gasteiger partial charge in [-0.05, 0) is 39.3 Å². The van der Waals surface area contributed by atoms with Gasteiger partial charge in [-0.25, -0.2) is 4.79 Å². The minimum absolute atomic E-state index is 0.0251. The largest absolute Gasteiger partial charge is 0.448 e. The van der Waals surface area contributed by atoms with Crippen LogP contribution in [0.3, 0.4) is 0 Å². The first-order chi connectivity index (χ1) is 17.5. The van der Waals surface area contributed by atoms with Crippen molar-refractivity contribution in [2.75, 3.05) is 19.8 Å². The van der Waals surface area contributed by atoms with Crippen LogP contribution in [0.25, 0.3) is 11.1 Å². The summed E-state index contributed by atoms with van der Waals surface area (Å²) in [6.45, 7) is 5.42. The summed E-state index contributed by atoms with van der Waals surface area (Å²) in [5.41, 5.74) is 5.98.